The third-order valence-corrected chi connectivity index (χ3v) is 5.00. The van der Waals surface area contributed by atoms with Crippen LogP contribution in [0.1, 0.15) is 24.5 Å². The van der Waals surface area contributed by atoms with Crippen LogP contribution in [0.4, 0.5) is 0 Å². The lowest BCUT2D eigenvalue weighted by molar-refractivity contribution is 0.0499. The summed E-state index contributed by atoms with van der Waals surface area (Å²) in [5.74, 6) is 0.944. The highest BCUT2D eigenvalue weighted by atomic mass is 16.5. The van der Waals surface area contributed by atoms with Gasteiger partial charge in [0, 0.05) is 45.4 Å². The molecule has 1 heterocycles. The number of hydrogen-bond donors (Lipinski definition) is 1. The van der Waals surface area contributed by atoms with Gasteiger partial charge in [0.05, 0.1) is 6.61 Å². The molecule has 2 aromatic rings. The molecule has 1 fully saturated rings. The van der Waals surface area contributed by atoms with Gasteiger partial charge < -0.3 is 9.84 Å². The number of rotatable bonds is 8. The summed E-state index contributed by atoms with van der Waals surface area (Å²) in [6.07, 6.45) is 0.822. The summed E-state index contributed by atoms with van der Waals surface area (Å²) < 4.78 is 5.62. The molecule has 1 saturated heterocycles. The van der Waals surface area contributed by atoms with Crippen LogP contribution in [-0.2, 0) is 13.1 Å². The Bertz CT molecular complexity index is 662. The van der Waals surface area contributed by atoms with E-state index in [0.29, 0.717) is 12.6 Å². The highest BCUT2D eigenvalue weighted by molar-refractivity contribution is 5.28. The lowest BCUT2D eigenvalue weighted by atomic mass is 10.1. The van der Waals surface area contributed by atoms with Gasteiger partial charge in [-0.3, -0.25) is 9.80 Å². The summed E-state index contributed by atoms with van der Waals surface area (Å²) in [4.78, 5) is 5.01. The van der Waals surface area contributed by atoms with Gasteiger partial charge in [-0.2, -0.15) is 0 Å². The summed E-state index contributed by atoms with van der Waals surface area (Å²) in [6.45, 7) is 7.91. The molecule has 0 spiro atoms. The van der Waals surface area contributed by atoms with Crippen LogP contribution in [0, 0.1) is 0 Å². The van der Waals surface area contributed by atoms with E-state index in [9.17, 15) is 5.11 Å². The summed E-state index contributed by atoms with van der Waals surface area (Å²) in [5.41, 5.74) is 2.63. The smallest absolute Gasteiger partial charge is 0.119 e. The molecule has 0 amide bonds. The lowest BCUT2D eigenvalue weighted by Gasteiger charge is -2.41. The van der Waals surface area contributed by atoms with Crippen LogP contribution < -0.4 is 4.74 Å². The van der Waals surface area contributed by atoms with Crippen LogP contribution in [0.5, 0.6) is 5.75 Å². The van der Waals surface area contributed by atoms with E-state index in [1.54, 1.807) is 0 Å². The molecule has 26 heavy (non-hydrogen) atoms. The maximum absolute atomic E-state index is 9.51. The monoisotopic (exact) mass is 354 g/mol. The minimum Gasteiger partial charge on any atom is -0.494 e. The highest BCUT2D eigenvalue weighted by Gasteiger charge is 2.26. The Morgan fingerprint density at radius 2 is 1.81 bits per heavy atom. The summed E-state index contributed by atoms with van der Waals surface area (Å²) in [6, 6.07) is 19.4. The third kappa shape index (κ3) is 5.31. The predicted octanol–water partition coefficient (Wildman–Crippen LogP) is 3.15. The highest BCUT2D eigenvalue weighted by Crippen LogP contribution is 2.20. The molecule has 2 aromatic carbocycles. The van der Waals surface area contributed by atoms with E-state index in [4.69, 9.17) is 4.74 Å². The maximum Gasteiger partial charge on any atom is 0.119 e. The van der Waals surface area contributed by atoms with Gasteiger partial charge in [0.15, 0.2) is 0 Å². The van der Waals surface area contributed by atoms with E-state index < -0.39 is 0 Å². The molecule has 1 aliphatic rings. The van der Waals surface area contributed by atoms with E-state index in [2.05, 4.69) is 58.3 Å². The van der Waals surface area contributed by atoms with E-state index in [1.807, 2.05) is 13.0 Å². The van der Waals surface area contributed by atoms with Gasteiger partial charge in [-0.1, -0.05) is 42.5 Å². The molecule has 3 rings (SSSR count). The number of benzene rings is 2. The van der Waals surface area contributed by atoms with Crippen molar-refractivity contribution in [3.8, 4) is 5.75 Å². The minimum atomic E-state index is 0.240. The van der Waals surface area contributed by atoms with Crippen molar-refractivity contribution in [3.63, 3.8) is 0 Å². The molecule has 1 N–H and O–H groups in total. The van der Waals surface area contributed by atoms with Gasteiger partial charge in [0.25, 0.3) is 0 Å². The van der Waals surface area contributed by atoms with Crippen molar-refractivity contribution in [3.05, 3.63) is 65.7 Å². The molecule has 0 unspecified atom stereocenters. The maximum atomic E-state index is 9.51. The van der Waals surface area contributed by atoms with Gasteiger partial charge in [-0.25, -0.2) is 0 Å². The SMILES string of the molecule is CCOc1cccc(CN2CCN(Cc3ccccc3)[C@@H](CCO)C2)c1. The van der Waals surface area contributed by atoms with Crippen molar-refractivity contribution in [2.75, 3.05) is 32.8 Å². The first-order chi connectivity index (χ1) is 12.8. The van der Waals surface area contributed by atoms with Crippen molar-refractivity contribution in [1.29, 1.82) is 0 Å². The van der Waals surface area contributed by atoms with Crippen molar-refractivity contribution < 1.29 is 9.84 Å². The fourth-order valence-electron chi connectivity index (χ4n) is 3.71. The molecule has 4 nitrogen and oxygen atoms in total. The first-order valence-electron chi connectivity index (χ1n) is 9.61. The van der Waals surface area contributed by atoms with Crippen LogP contribution in [0.25, 0.3) is 0 Å². The number of hydrogen-bond acceptors (Lipinski definition) is 4. The van der Waals surface area contributed by atoms with Crippen LogP contribution in [-0.4, -0.2) is 53.8 Å². The number of aliphatic hydroxyl groups excluding tert-OH is 1. The molecule has 0 aliphatic carbocycles. The van der Waals surface area contributed by atoms with Gasteiger partial charge in [0.2, 0.25) is 0 Å². The normalized spacial score (nSPS) is 18.8. The average Bonchev–Trinajstić information content (AvgIpc) is 2.66. The van der Waals surface area contributed by atoms with Gasteiger partial charge >= 0.3 is 0 Å². The second-order valence-corrected chi connectivity index (χ2v) is 6.94. The number of piperazine rings is 1. The van der Waals surface area contributed by atoms with Crippen molar-refractivity contribution >= 4 is 0 Å². The third-order valence-electron chi connectivity index (χ3n) is 5.00. The zero-order valence-corrected chi connectivity index (χ0v) is 15.7. The molecule has 0 aromatic heterocycles. The van der Waals surface area contributed by atoms with Crippen molar-refractivity contribution in [1.82, 2.24) is 9.80 Å². The molecule has 140 valence electrons. The molecular formula is C22H30N2O2. The summed E-state index contributed by atoms with van der Waals surface area (Å²) in [5, 5.41) is 9.51. The molecular weight excluding hydrogens is 324 g/mol. The standard InChI is InChI=1S/C22H30N2O2/c1-2-26-22-10-6-9-20(15-22)16-23-12-13-24(21(18-23)11-14-25)17-19-7-4-3-5-8-19/h3-10,15,21,25H,2,11-14,16-18H2,1H3/t21-/m0/s1. The summed E-state index contributed by atoms with van der Waals surface area (Å²) >= 11 is 0. The Kier molecular flexibility index (Phi) is 7.06. The first-order valence-corrected chi connectivity index (χ1v) is 9.61. The van der Waals surface area contributed by atoms with E-state index in [0.717, 1.165) is 44.9 Å². The largest absolute Gasteiger partial charge is 0.494 e. The van der Waals surface area contributed by atoms with E-state index in [-0.39, 0.29) is 6.61 Å². The minimum absolute atomic E-state index is 0.240. The Hall–Kier alpha value is -1.88. The Balaban J connectivity index is 1.61. The zero-order chi connectivity index (χ0) is 18.2. The van der Waals surface area contributed by atoms with Gasteiger partial charge in [0.1, 0.15) is 5.75 Å². The average molecular weight is 354 g/mol. The molecule has 4 heteroatoms. The van der Waals surface area contributed by atoms with E-state index in [1.165, 1.54) is 11.1 Å². The fraction of sp³-hybridized carbons (Fsp3) is 0.455. The molecule has 1 atom stereocenters. The zero-order valence-electron chi connectivity index (χ0n) is 15.7. The Morgan fingerprint density at radius 3 is 2.58 bits per heavy atom. The number of aliphatic hydroxyl groups is 1. The van der Waals surface area contributed by atoms with Crippen LogP contribution in [0.3, 0.4) is 0 Å². The Morgan fingerprint density at radius 1 is 1.00 bits per heavy atom. The predicted molar refractivity (Wildman–Crippen MR) is 105 cm³/mol. The van der Waals surface area contributed by atoms with Crippen molar-refractivity contribution in [2.24, 2.45) is 0 Å². The fourth-order valence-corrected chi connectivity index (χ4v) is 3.71. The number of ether oxygens (including phenoxy) is 1. The molecule has 0 bridgehead atoms. The van der Waals surface area contributed by atoms with Crippen LogP contribution in [0.15, 0.2) is 54.6 Å². The lowest BCUT2D eigenvalue weighted by Crippen LogP contribution is -2.52. The van der Waals surface area contributed by atoms with Gasteiger partial charge in [-0.15, -0.1) is 0 Å². The second kappa shape index (κ2) is 9.72. The summed E-state index contributed by atoms with van der Waals surface area (Å²) in [7, 11) is 0. The van der Waals surface area contributed by atoms with Crippen molar-refractivity contribution in [2.45, 2.75) is 32.5 Å². The first kappa shape index (κ1) is 18.9. The molecule has 0 saturated carbocycles. The second-order valence-electron chi connectivity index (χ2n) is 6.94. The Labute approximate surface area is 157 Å². The van der Waals surface area contributed by atoms with E-state index >= 15 is 0 Å². The van der Waals surface area contributed by atoms with Crippen LogP contribution in [0.2, 0.25) is 0 Å². The van der Waals surface area contributed by atoms with Gasteiger partial charge in [-0.05, 0) is 36.6 Å². The topological polar surface area (TPSA) is 35.9 Å². The molecule has 1 aliphatic heterocycles. The van der Waals surface area contributed by atoms with Crippen LogP contribution >= 0.6 is 0 Å². The quantitative estimate of drug-likeness (QED) is 0.790. The molecule has 0 radical (unpaired) electrons. The number of nitrogens with zero attached hydrogens (tertiary/aromatic N) is 2.